The molecule has 0 aliphatic heterocycles. The number of fused-ring (bicyclic) bond motifs is 2. The molecule has 7 nitrogen and oxygen atoms in total. The van der Waals surface area contributed by atoms with E-state index in [1.807, 2.05) is 48.5 Å². The van der Waals surface area contributed by atoms with E-state index < -0.39 is 28.2 Å². The molecular formula is C22H19N3O4S. The molecule has 0 bridgehead atoms. The standard InChI is InChI=1S/C22H19N3O4S/c26-21(27)13-14-30(28,29)25-16-11-9-15(10-12-16)23-22-17-5-1-3-7-19(17)24-20-8-4-2-6-18(20)22/h1-12,25H,13-14H2,(H,23,24)(H,26,27). The van der Waals surface area contributed by atoms with Crippen LogP contribution in [0.1, 0.15) is 6.42 Å². The van der Waals surface area contributed by atoms with Gasteiger partial charge < -0.3 is 10.4 Å². The van der Waals surface area contributed by atoms with Crippen molar-refractivity contribution in [2.24, 2.45) is 0 Å². The Labute approximate surface area is 173 Å². The van der Waals surface area contributed by atoms with Gasteiger partial charge in [-0.15, -0.1) is 0 Å². The highest BCUT2D eigenvalue weighted by molar-refractivity contribution is 7.92. The van der Waals surface area contributed by atoms with Gasteiger partial charge in [0.25, 0.3) is 0 Å². The Kier molecular flexibility index (Phi) is 5.24. The van der Waals surface area contributed by atoms with Crippen LogP contribution in [0.3, 0.4) is 0 Å². The van der Waals surface area contributed by atoms with Gasteiger partial charge in [0.2, 0.25) is 10.0 Å². The first-order chi connectivity index (χ1) is 14.4. The van der Waals surface area contributed by atoms with Crippen molar-refractivity contribution in [2.45, 2.75) is 6.42 Å². The highest BCUT2D eigenvalue weighted by atomic mass is 32.2. The zero-order valence-electron chi connectivity index (χ0n) is 15.9. The van der Waals surface area contributed by atoms with Crippen LogP contribution in [-0.4, -0.2) is 30.2 Å². The maximum absolute atomic E-state index is 12.0. The lowest BCUT2D eigenvalue weighted by Crippen LogP contribution is -2.18. The molecule has 3 N–H and O–H groups in total. The average Bonchev–Trinajstić information content (AvgIpc) is 2.73. The monoisotopic (exact) mass is 421 g/mol. The summed E-state index contributed by atoms with van der Waals surface area (Å²) >= 11 is 0. The molecule has 1 aromatic heterocycles. The zero-order valence-corrected chi connectivity index (χ0v) is 16.7. The summed E-state index contributed by atoms with van der Waals surface area (Å²) in [6.45, 7) is 0. The number of hydrogen-bond acceptors (Lipinski definition) is 5. The Morgan fingerprint density at radius 1 is 0.833 bits per heavy atom. The molecule has 4 aromatic rings. The molecule has 30 heavy (non-hydrogen) atoms. The van der Waals surface area contributed by atoms with Gasteiger partial charge in [-0.1, -0.05) is 36.4 Å². The van der Waals surface area contributed by atoms with E-state index in [0.29, 0.717) is 5.69 Å². The zero-order chi connectivity index (χ0) is 21.1. The number of pyridine rings is 1. The molecule has 0 fully saturated rings. The number of sulfonamides is 1. The molecular weight excluding hydrogens is 402 g/mol. The van der Waals surface area contributed by atoms with Crippen molar-refractivity contribution in [1.29, 1.82) is 0 Å². The van der Waals surface area contributed by atoms with E-state index in [2.05, 4.69) is 10.0 Å². The van der Waals surface area contributed by atoms with Gasteiger partial charge in [0.15, 0.2) is 0 Å². The number of nitrogens with zero attached hydrogens (tertiary/aromatic N) is 1. The van der Waals surface area contributed by atoms with E-state index in [-0.39, 0.29) is 0 Å². The lowest BCUT2D eigenvalue weighted by Gasteiger charge is -2.14. The molecule has 0 atom stereocenters. The fraction of sp³-hybridized carbons (Fsp3) is 0.0909. The minimum Gasteiger partial charge on any atom is -0.481 e. The number of benzene rings is 3. The van der Waals surface area contributed by atoms with Crippen LogP contribution < -0.4 is 10.0 Å². The topological polar surface area (TPSA) is 108 Å². The van der Waals surface area contributed by atoms with Gasteiger partial charge in [0.05, 0.1) is 28.9 Å². The third-order valence-electron chi connectivity index (χ3n) is 4.60. The Hall–Kier alpha value is -3.65. The summed E-state index contributed by atoms with van der Waals surface area (Å²) in [6.07, 6.45) is -0.447. The van der Waals surface area contributed by atoms with Crippen molar-refractivity contribution in [3.63, 3.8) is 0 Å². The van der Waals surface area contributed by atoms with Crippen LogP contribution in [0.25, 0.3) is 21.8 Å². The minimum absolute atomic E-state index is 0.371. The van der Waals surface area contributed by atoms with Crippen molar-refractivity contribution in [3.8, 4) is 0 Å². The molecule has 0 saturated heterocycles. The van der Waals surface area contributed by atoms with Crippen LogP contribution in [0.2, 0.25) is 0 Å². The Bertz CT molecular complexity index is 1280. The van der Waals surface area contributed by atoms with Crippen LogP contribution in [0.4, 0.5) is 17.1 Å². The lowest BCUT2D eigenvalue weighted by molar-refractivity contribution is -0.136. The molecule has 0 aliphatic rings. The highest BCUT2D eigenvalue weighted by Crippen LogP contribution is 2.33. The van der Waals surface area contributed by atoms with Gasteiger partial charge in [0, 0.05) is 22.1 Å². The second kappa shape index (κ2) is 8.00. The largest absolute Gasteiger partial charge is 0.481 e. The number of hydrogen-bond donors (Lipinski definition) is 3. The SMILES string of the molecule is O=C(O)CCS(=O)(=O)Nc1ccc(Nc2c3ccccc3nc3ccccc23)cc1. The fourth-order valence-electron chi connectivity index (χ4n) is 3.19. The van der Waals surface area contributed by atoms with Crippen molar-refractivity contribution < 1.29 is 18.3 Å². The summed E-state index contributed by atoms with van der Waals surface area (Å²) in [7, 11) is -3.72. The number of rotatable bonds is 7. The number of nitrogens with one attached hydrogen (secondary N) is 2. The normalized spacial score (nSPS) is 11.5. The maximum Gasteiger partial charge on any atom is 0.304 e. The van der Waals surface area contributed by atoms with Crippen LogP contribution in [0.5, 0.6) is 0 Å². The van der Waals surface area contributed by atoms with Gasteiger partial charge in [-0.2, -0.15) is 0 Å². The molecule has 3 aromatic carbocycles. The molecule has 8 heteroatoms. The van der Waals surface area contributed by atoms with Crippen molar-refractivity contribution >= 4 is 54.9 Å². The number of carbonyl (C=O) groups is 1. The van der Waals surface area contributed by atoms with Crippen molar-refractivity contribution in [3.05, 3.63) is 72.8 Å². The Morgan fingerprint density at radius 2 is 1.37 bits per heavy atom. The second-order valence-electron chi connectivity index (χ2n) is 6.79. The summed E-state index contributed by atoms with van der Waals surface area (Å²) in [5.74, 6) is -1.63. The first-order valence-electron chi connectivity index (χ1n) is 9.28. The van der Waals surface area contributed by atoms with Crippen LogP contribution >= 0.6 is 0 Å². The molecule has 1 heterocycles. The van der Waals surface area contributed by atoms with Crippen LogP contribution in [-0.2, 0) is 14.8 Å². The molecule has 0 radical (unpaired) electrons. The van der Waals surface area contributed by atoms with E-state index in [4.69, 9.17) is 10.1 Å². The van der Waals surface area contributed by atoms with Crippen molar-refractivity contribution in [2.75, 3.05) is 15.8 Å². The fourth-order valence-corrected chi connectivity index (χ4v) is 4.23. The van der Waals surface area contributed by atoms with Crippen LogP contribution in [0.15, 0.2) is 72.8 Å². The molecule has 0 unspecified atom stereocenters. The highest BCUT2D eigenvalue weighted by Gasteiger charge is 2.13. The Morgan fingerprint density at radius 3 is 1.93 bits per heavy atom. The van der Waals surface area contributed by atoms with Gasteiger partial charge in [-0.3, -0.25) is 9.52 Å². The minimum atomic E-state index is -3.72. The number of para-hydroxylation sites is 2. The van der Waals surface area contributed by atoms with E-state index >= 15 is 0 Å². The summed E-state index contributed by atoms with van der Waals surface area (Å²) < 4.78 is 26.3. The summed E-state index contributed by atoms with van der Waals surface area (Å²) in [4.78, 5) is 15.3. The van der Waals surface area contributed by atoms with Gasteiger partial charge in [0.1, 0.15) is 0 Å². The molecule has 0 aliphatic carbocycles. The number of aromatic nitrogens is 1. The quantitative estimate of drug-likeness (QED) is 0.383. The van der Waals surface area contributed by atoms with Gasteiger partial charge in [-0.05, 0) is 36.4 Å². The average molecular weight is 421 g/mol. The lowest BCUT2D eigenvalue weighted by atomic mass is 10.1. The summed E-state index contributed by atoms with van der Waals surface area (Å²) in [6, 6.07) is 22.5. The van der Waals surface area contributed by atoms with Crippen molar-refractivity contribution in [1.82, 2.24) is 4.98 Å². The van der Waals surface area contributed by atoms with Gasteiger partial charge in [-0.25, -0.2) is 13.4 Å². The molecule has 4 rings (SSSR count). The maximum atomic E-state index is 12.0. The van der Waals surface area contributed by atoms with Crippen LogP contribution in [0, 0.1) is 0 Å². The third kappa shape index (κ3) is 4.33. The smallest absolute Gasteiger partial charge is 0.304 e. The van der Waals surface area contributed by atoms with E-state index in [1.54, 1.807) is 24.3 Å². The number of carboxylic acid groups (broad SMARTS) is 1. The molecule has 0 spiro atoms. The number of anilines is 3. The third-order valence-corrected chi connectivity index (χ3v) is 5.89. The van der Waals surface area contributed by atoms with E-state index in [1.165, 1.54) is 0 Å². The predicted molar refractivity (Wildman–Crippen MR) is 119 cm³/mol. The van der Waals surface area contributed by atoms with E-state index in [0.717, 1.165) is 33.2 Å². The molecule has 0 saturated carbocycles. The Balaban J connectivity index is 1.62. The number of aliphatic carboxylic acids is 1. The molecule has 0 amide bonds. The van der Waals surface area contributed by atoms with E-state index in [9.17, 15) is 13.2 Å². The first-order valence-corrected chi connectivity index (χ1v) is 10.9. The molecule has 152 valence electrons. The van der Waals surface area contributed by atoms with Gasteiger partial charge >= 0.3 is 5.97 Å². The summed E-state index contributed by atoms with van der Waals surface area (Å²) in [5.41, 5.74) is 3.83. The summed E-state index contributed by atoms with van der Waals surface area (Å²) in [5, 5.41) is 14.1. The predicted octanol–water partition coefficient (Wildman–Crippen LogP) is 4.35. The first kappa shape index (κ1) is 19.7. The number of carboxylic acids is 1. The second-order valence-corrected chi connectivity index (χ2v) is 8.63.